The maximum atomic E-state index is 11.1. The molecule has 1 fully saturated rings. The summed E-state index contributed by atoms with van der Waals surface area (Å²) in [6.07, 6.45) is 4.04. The quantitative estimate of drug-likeness (QED) is 0.579. The van der Waals surface area contributed by atoms with Crippen LogP contribution in [0, 0.1) is 11.3 Å². The fourth-order valence-electron chi connectivity index (χ4n) is 3.78. The van der Waals surface area contributed by atoms with E-state index in [0.717, 1.165) is 18.4 Å². The van der Waals surface area contributed by atoms with Crippen LogP contribution in [0.25, 0.3) is 0 Å². The minimum atomic E-state index is -1.23. The first kappa shape index (κ1) is 14.0. The molecule has 0 unspecified atom stereocenters. The third kappa shape index (κ3) is 1.93. The summed E-state index contributed by atoms with van der Waals surface area (Å²) in [5.74, 6) is -0.106. The minimum absolute atomic E-state index is 0.0589. The maximum absolute atomic E-state index is 11.1. The number of rotatable bonds is 0. The number of hydrogen-bond donors (Lipinski definition) is 3. The van der Waals surface area contributed by atoms with Crippen LogP contribution in [0.1, 0.15) is 53.4 Å². The van der Waals surface area contributed by atoms with Crippen molar-refractivity contribution in [3.05, 3.63) is 11.6 Å². The summed E-state index contributed by atoms with van der Waals surface area (Å²) < 4.78 is 0. The Hall–Kier alpha value is -0.380. The van der Waals surface area contributed by atoms with Gasteiger partial charge in [0.2, 0.25) is 0 Å². The zero-order valence-electron chi connectivity index (χ0n) is 11.9. The second-order valence-corrected chi connectivity index (χ2v) is 7.15. The van der Waals surface area contributed by atoms with Crippen LogP contribution in [-0.4, -0.2) is 32.6 Å². The molecule has 0 aromatic heterocycles. The fraction of sp³-hybridized carbons (Fsp3) is 0.867. The molecule has 0 aromatic carbocycles. The van der Waals surface area contributed by atoms with Gasteiger partial charge in [-0.1, -0.05) is 19.9 Å². The third-order valence-electron chi connectivity index (χ3n) is 5.23. The van der Waals surface area contributed by atoms with E-state index in [-0.39, 0.29) is 17.8 Å². The lowest BCUT2D eigenvalue weighted by Gasteiger charge is -2.52. The standard InChI is InChI=1S/C15H26O3/c1-10-8-12-13(2,3)6-5-7-14(4,17)15(12,18)9-11(10)16/h8,11-12,16-18H,5-7,9H2,1-4H3/t11-,12+,14+,15-/m0/s1. The number of fused-ring (bicyclic) bond motifs is 1. The van der Waals surface area contributed by atoms with Gasteiger partial charge in [-0.05, 0) is 44.1 Å². The van der Waals surface area contributed by atoms with Gasteiger partial charge in [-0.25, -0.2) is 0 Å². The Bertz CT molecular complexity index is 370. The molecular weight excluding hydrogens is 228 g/mol. The first-order valence-electron chi connectivity index (χ1n) is 6.91. The van der Waals surface area contributed by atoms with Crippen molar-refractivity contribution >= 4 is 0 Å². The van der Waals surface area contributed by atoms with E-state index in [1.54, 1.807) is 6.92 Å². The average Bonchev–Trinajstić information content (AvgIpc) is 2.27. The zero-order chi connectivity index (χ0) is 13.8. The van der Waals surface area contributed by atoms with Crippen LogP contribution in [0.4, 0.5) is 0 Å². The largest absolute Gasteiger partial charge is 0.389 e. The molecule has 0 radical (unpaired) electrons. The van der Waals surface area contributed by atoms with Gasteiger partial charge in [0.15, 0.2) is 0 Å². The van der Waals surface area contributed by atoms with Gasteiger partial charge in [0.05, 0.1) is 11.7 Å². The highest BCUT2D eigenvalue weighted by atomic mass is 16.4. The van der Waals surface area contributed by atoms with Crippen molar-refractivity contribution in [2.24, 2.45) is 11.3 Å². The average molecular weight is 254 g/mol. The van der Waals surface area contributed by atoms with Crippen molar-refractivity contribution < 1.29 is 15.3 Å². The Balaban J connectivity index is 2.54. The molecule has 3 nitrogen and oxygen atoms in total. The van der Waals surface area contributed by atoms with Gasteiger partial charge in [-0.2, -0.15) is 0 Å². The van der Waals surface area contributed by atoms with Crippen LogP contribution in [0.2, 0.25) is 0 Å². The molecule has 3 heteroatoms. The molecule has 0 saturated heterocycles. The Labute approximate surface area is 110 Å². The third-order valence-corrected chi connectivity index (χ3v) is 5.23. The van der Waals surface area contributed by atoms with Gasteiger partial charge in [0.1, 0.15) is 5.60 Å². The van der Waals surface area contributed by atoms with Crippen molar-refractivity contribution in [3.63, 3.8) is 0 Å². The van der Waals surface area contributed by atoms with Crippen molar-refractivity contribution in [1.82, 2.24) is 0 Å². The summed E-state index contributed by atoms with van der Waals surface area (Å²) in [7, 11) is 0. The van der Waals surface area contributed by atoms with Crippen LogP contribution in [0.5, 0.6) is 0 Å². The van der Waals surface area contributed by atoms with E-state index in [0.29, 0.717) is 6.42 Å². The van der Waals surface area contributed by atoms with Crippen molar-refractivity contribution in [2.75, 3.05) is 0 Å². The minimum Gasteiger partial charge on any atom is -0.389 e. The molecule has 104 valence electrons. The Morgan fingerprint density at radius 3 is 2.39 bits per heavy atom. The molecule has 0 amide bonds. The highest BCUT2D eigenvalue weighted by molar-refractivity contribution is 5.24. The molecule has 0 aliphatic heterocycles. The van der Waals surface area contributed by atoms with Crippen LogP contribution in [0.15, 0.2) is 11.6 Å². The van der Waals surface area contributed by atoms with E-state index in [1.807, 2.05) is 13.0 Å². The topological polar surface area (TPSA) is 60.7 Å². The smallest absolute Gasteiger partial charge is 0.103 e. The van der Waals surface area contributed by atoms with Gasteiger partial charge in [-0.3, -0.25) is 0 Å². The Morgan fingerprint density at radius 2 is 1.78 bits per heavy atom. The van der Waals surface area contributed by atoms with Crippen molar-refractivity contribution in [3.8, 4) is 0 Å². The lowest BCUT2D eigenvalue weighted by atomic mass is 9.59. The molecule has 18 heavy (non-hydrogen) atoms. The molecule has 3 N–H and O–H groups in total. The second-order valence-electron chi connectivity index (χ2n) is 7.15. The SMILES string of the molecule is CC1=C[C@@H]2C(C)(C)CCC[C@@](C)(O)[C@]2(O)C[C@@H]1O. The number of aliphatic hydroxyl groups is 3. The fourth-order valence-corrected chi connectivity index (χ4v) is 3.78. The lowest BCUT2D eigenvalue weighted by molar-refractivity contribution is -0.193. The molecular formula is C15H26O3. The van der Waals surface area contributed by atoms with Gasteiger partial charge in [0.25, 0.3) is 0 Å². The van der Waals surface area contributed by atoms with Gasteiger partial charge in [-0.15, -0.1) is 0 Å². The van der Waals surface area contributed by atoms with Crippen LogP contribution in [-0.2, 0) is 0 Å². The van der Waals surface area contributed by atoms with Crippen LogP contribution < -0.4 is 0 Å². The van der Waals surface area contributed by atoms with E-state index in [9.17, 15) is 15.3 Å². The molecule has 0 bridgehead atoms. The maximum Gasteiger partial charge on any atom is 0.103 e. The highest BCUT2D eigenvalue weighted by Crippen LogP contribution is 2.53. The van der Waals surface area contributed by atoms with E-state index in [1.165, 1.54) is 0 Å². The molecule has 2 aliphatic rings. The Kier molecular flexibility index (Phi) is 3.16. The van der Waals surface area contributed by atoms with Gasteiger partial charge >= 0.3 is 0 Å². The van der Waals surface area contributed by atoms with E-state index in [2.05, 4.69) is 13.8 Å². The van der Waals surface area contributed by atoms with Crippen molar-refractivity contribution in [2.45, 2.75) is 70.7 Å². The predicted octanol–water partition coefficient (Wildman–Crippen LogP) is 2.01. The molecule has 2 rings (SSSR count). The van der Waals surface area contributed by atoms with Gasteiger partial charge in [0, 0.05) is 12.3 Å². The van der Waals surface area contributed by atoms with Crippen LogP contribution in [0.3, 0.4) is 0 Å². The lowest BCUT2D eigenvalue weighted by Crippen LogP contribution is -2.61. The molecule has 0 heterocycles. The molecule has 0 spiro atoms. The molecule has 4 atom stereocenters. The summed E-state index contributed by atoms with van der Waals surface area (Å²) in [5.41, 5.74) is -1.51. The monoisotopic (exact) mass is 254 g/mol. The predicted molar refractivity (Wildman–Crippen MR) is 71.1 cm³/mol. The summed E-state index contributed by atoms with van der Waals surface area (Å²) in [4.78, 5) is 0. The Morgan fingerprint density at radius 1 is 1.17 bits per heavy atom. The van der Waals surface area contributed by atoms with E-state index < -0.39 is 17.3 Å². The second kappa shape index (κ2) is 4.06. The van der Waals surface area contributed by atoms with Gasteiger partial charge < -0.3 is 15.3 Å². The summed E-state index contributed by atoms with van der Waals surface area (Å²) in [5, 5.41) is 31.8. The zero-order valence-corrected chi connectivity index (χ0v) is 11.9. The normalized spacial score (nSPS) is 48.1. The van der Waals surface area contributed by atoms with Crippen molar-refractivity contribution in [1.29, 1.82) is 0 Å². The van der Waals surface area contributed by atoms with E-state index >= 15 is 0 Å². The highest BCUT2D eigenvalue weighted by Gasteiger charge is 2.58. The summed E-state index contributed by atoms with van der Waals surface area (Å²) in [6.45, 7) is 7.90. The first-order chi connectivity index (χ1) is 8.10. The number of aliphatic hydroxyl groups excluding tert-OH is 1. The molecule has 0 aromatic rings. The van der Waals surface area contributed by atoms with E-state index in [4.69, 9.17) is 0 Å². The first-order valence-corrected chi connectivity index (χ1v) is 6.91. The molecule has 2 aliphatic carbocycles. The summed E-state index contributed by atoms with van der Waals surface area (Å²) in [6, 6.07) is 0. The number of hydrogen-bond acceptors (Lipinski definition) is 3. The summed E-state index contributed by atoms with van der Waals surface area (Å²) >= 11 is 0. The van der Waals surface area contributed by atoms with Crippen LogP contribution >= 0.6 is 0 Å². The molecule has 1 saturated carbocycles.